The molecule has 7 rings (SSSR count). The summed E-state index contributed by atoms with van der Waals surface area (Å²) >= 11 is 0. The molecule has 0 N–H and O–H groups in total. The van der Waals surface area contributed by atoms with E-state index in [1.54, 1.807) is 0 Å². The van der Waals surface area contributed by atoms with Crippen LogP contribution in [0.2, 0.25) is 0 Å². The van der Waals surface area contributed by atoms with E-state index in [-0.39, 0.29) is 17.5 Å². The van der Waals surface area contributed by atoms with Gasteiger partial charge in [-0.1, -0.05) is 77.9 Å². The molecule has 2 aliphatic rings. The quantitative estimate of drug-likeness (QED) is 0.161. The molecule has 0 atom stereocenters. The van der Waals surface area contributed by atoms with Gasteiger partial charge in [0.05, 0.1) is 0 Å². The van der Waals surface area contributed by atoms with Gasteiger partial charge in [0.25, 0.3) is 6.71 Å². The molecule has 0 aliphatic carbocycles. The number of nitrogens with zero attached hydrogens (tertiary/aromatic N) is 1. The lowest BCUT2D eigenvalue weighted by atomic mass is 9.34. The summed E-state index contributed by atoms with van der Waals surface area (Å²) < 4.78 is 15.6. The lowest BCUT2D eigenvalue weighted by Crippen LogP contribution is -2.57. The number of hydrogen-bond acceptors (Lipinski definition) is 2. The Balaban J connectivity index is 1.40. The van der Waals surface area contributed by atoms with Gasteiger partial charge >= 0.3 is 0 Å². The Kier molecular flexibility index (Phi) is 6.15. The maximum Gasteiger partial charge on any atom is 0.260 e. The van der Waals surface area contributed by atoms with Crippen LogP contribution in [0.5, 0.6) is 23.0 Å². The Hall–Kier alpha value is -4.31. The average molecular weight is 565 g/mol. The SMILES string of the molecule is Cc1cc(-c2cc3c4c(c2)Oc2ccc(C(C)(C)C)cc2B4c2cc(C(C)(C)C)ccc2O3)ccc1-c1cccc[n+]1C. The Bertz CT molecular complexity index is 1840. The van der Waals surface area contributed by atoms with Gasteiger partial charge < -0.3 is 9.47 Å². The zero-order valence-electron chi connectivity index (χ0n) is 26.5. The van der Waals surface area contributed by atoms with Crippen LogP contribution in [-0.4, -0.2) is 6.71 Å². The molecule has 0 fully saturated rings. The summed E-state index contributed by atoms with van der Waals surface area (Å²) in [6, 6.07) is 30.9. The van der Waals surface area contributed by atoms with Gasteiger partial charge in [-0.15, -0.1) is 0 Å². The molecule has 0 saturated carbocycles. The fraction of sp³-hybridized carbons (Fsp3) is 0.256. The smallest absolute Gasteiger partial charge is 0.260 e. The first-order valence-corrected chi connectivity index (χ1v) is 15.3. The van der Waals surface area contributed by atoms with Crippen LogP contribution in [0.25, 0.3) is 22.4 Å². The number of aromatic nitrogens is 1. The first kappa shape index (κ1) is 27.5. The fourth-order valence-corrected chi connectivity index (χ4v) is 6.54. The van der Waals surface area contributed by atoms with Crippen LogP contribution < -0.4 is 30.4 Å². The number of ether oxygens (including phenoxy) is 2. The van der Waals surface area contributed by atoms with Gasteiger partial charge in [-0.25, -0.2) is 4.57 Å². The van der Waals surface area contributed by atoms with Crippen molar-refractivity contribution in [1.29, 1.82) is 0 Å². The molecule has 4 aromatic carbocycles. The van der Waals surface area contributed by atoms with Crippen LogP contribution >= 0.6 is 0 Å². The highest BCUT2D eigenvalue weighted by Crippen LogP contribution is 2.40. The van der Waals surface area contributed by atoms with E-state index in [2.05, 4.69) is 151 Å². The van der Waals surface area contributed by atoms with Crippen molar-refractivity contribution in [3.8, 4) is 45.4 Å². The van der Waals surface area contributed by atoms with E-state index in [0.29, 0.717) is 0 Å². The van der Waals surface area contributed by atoms with Crippen molar-refractivity contribution < 1.29 is 14.0 Å². The van der Waals surface area contributed by atoms with Crippen LogP contribution in [0.4, 0.5) is 0 Å². The number of benzene rings is 4. The van der Waals surface area contributed by atoms with Crippen molar-refractivity contribution >= 4 is 23.1 Å². The lowest BCUT2D eigenvalue weighted by molar-refractivity contribution is -0.660. The molecule has 0 saturated heterocycles. The number of fused-ring (bicyclic) bond motifs is 4. The number of hydrogen-bond donors (Lipinski definition) is 0. The Morgan fingerprint density at radius 3 is 1.70 bits per heavy atom. The average Bonchev–Trinajstić information content (AvgIpc) is 2.95. The summed E-state index contributed by atoms with van der Waals surface area (Å²) in [5.74, 6) is 3.59. The molecule has 4 heteroatoms. The predicted molar refractivity (Wildman–Crippen MR) is 178 cm³/mol. The Labute approximate surface area is 256 Å². The van der Waals surface area contributed by atoms with Gasteiger partial charge in [0.2, 0.25) is 5.69 Å². The fourth-order valence-electron chi connectivity index (χ4n) is 6.54. The third kappa shape index (κ3) is 4.64. The van der Waals surface area contributed by atoms with E-state index in [0.717, 1.165) is 39.6 Å². The Morgan fingerprint density at radius 2 is 1.19 bits per heavy atom. The molecule has 5 aromatic rings. The third-order valence-corrected chi connectivity index (χ3v) is 9.10. The van der Waals surface area contributed by atoms with Gasteiger partial charge in [-0.3, -0.25) is 0 Å². The molecule has 0 spiro atoms. The maximum atomic E-state index is 6.72. The van der Waals surface area contributed by atoms with Crippen LogP contribution in [0.1, 0.15) is 58.2 Å². The summed E-state index contributed by atoms with van der Waals surface area (Å²) in [7, 11) is 2.09. The molecule has 0 radical (unpaired) electrons. The van der Waals surface area contributed by atoms with Gasteiger partial charge in [-0.05, 0) is 92.9 Å². The second kappa shape index (κ2) is 9.60. The number of pyridine rings is 1. The first-order chi connectivity index (χ1) is 20.4. The van der Waals surface area contributed by atoms with Crippen molar-refractivity contribution in [2.75, 3.05) is 0 Å². The number of aryl methyl sites for hydroxylation is 2. The minimum absolute atomic E-state index is 0.0318. The van der Waals surface area contributed by atoms with Gasteiger partial charge in [0, 0.05) is 23.2 Å². The second-order valence-corrected chi connectivity index (χ2v) is 14.3. The van der Waals surface area contributed by atoms with Crippen molar-refractivity contribution in [2.45, 2.75) is 59.3 Å². The summed E-state index contributed by atoms with van der Waals surface area (Å²) in [5.41, 5.74) is 12.1. The zero-order valence-corrected chi connectivity index (χ0v) is 26.5. The number of rotatable bonds is 2. The second-order valence-electron chi connectivity index (χ2n) is 14.3. The standard InChI is InChI=1S/C39H39BNO2/c1-24-19-25(12-15-29(24)32-11-9-10-18-41(32)8)26-20-35-37-36(21-26)43-34-17-14-28(39(5,6)7)23-31(34)40(37)30-22-27(38(2,3)4)13-16-33(30)42-35/h9-23H,1-8H3/q+1. The molecule has 2 aliphatic heterocycles. The van der Waals surface area contributed by atoms with E-state index in [1.165, 1.54) is 38.9 Å². The summed E-state index contributed by atoms with van der Waals surface area (Å²) in [6.45, 7) is 15.8. The normalized spacial score (nSPS) is 13.4. The van der Waals surface area contributed by atoms with E-state index >= 15 is 0 Å². The van der Waals surface area contributed by atoms with Crippen LogP contribution in [0.3, 0.4) is 0 Å². The molecule has 3 nitrogen and oxygen atoms in total. The molecule has 0 bridgehead atoms. The molecule has 0 unspecified atom stereocenters. The molecular weight excluding hydrogens is 525 g/mol. The molecule has 214 valence electrons. The lowest BCUT2D eigenvalue weighted by Gasteiger charge is -2.35. The van der Waals surface area contributed by atoms with E-state index < -0.39 is 0 Å². The highest BCUT2D eigenvalue weighted by molar-refractivity contribution is 6.98. The molecule has 1 aromatic heterocycles. The predicted octanol–water partition coefficient (Wildman–Crippen LogP) is 7.48. The van der Waals surface area contributed by atoms with Crippen molar-refractivity contribution in [1.82, 2.24) is 0 Å². The maximum absolute atomic E-state index is 6.72. The van der Waals surface area contributed by atoms with Crippen LogP contribution in [0, 0.1) is 6.92 Å². The van der Waals surface area contributed by atoms with Gasteiger partial charge in [0.15, 0.2) is 6.20 Å². The van der Waals surface area contributed by atoms with E-state index in [4.69, 9.17) is 9.47 Å². The summed E-state index contributed by atoms with van der Waals surface area (Å²) in [5, 5.41) is 0. The van der Waals surface area contributed by atoms with Crippen molar-refractivity contribution in [3.05, 3.63) is 108 Å². The topological polar surface area (TPSA) is 22.3 Å². The minimum atomic E-state index is 0.0318. The van der Waals surface area contributed by atoms with Crippen molar-refractivity contribution in [3.63, 3.8) is 0 Å². The molecule has 43 heavy (non-hydrogen) atoms. The largest absolute Gasteiger partial charge is 0.458 e. The van der Waals surface area contributed by atoms with E-state index in [1.807, 2.05) is 0 Å². The minimum Gasteiger partial charge on any atom is -0.458 e. The van der Waals surface area contributed by atoms with Crippen molar-refractivity contribution in [2.24, 2.45) is 7.05 Å². The molecule has 3 heterocycles. The van der Waals surface area contributed by atoms with Crippen LogP contribution in [0.15, 0.2) is 91.1 Å². The van der Waals surface area contributed by atoms with E-state index in [9.17, 15) is 0 Å². The third-order valence-electron chi connectivity index (χ3n) is 9.10. The Morgan fingerprint density at radius 1 is 0.605 bits per heavy atom. The monoisotopic (exact) mass is 564 g/mol. The highest BCUT2D eigenvalue weighted by atomic mass is 16.5. The van der Waals surface area contributed by atoms with Gasteiger partial charge in [-0.2, -0.15) is 0 Å². The summed E-state index contributed by atoms with van der Waals surface area (Å²) in [4.78, 5) is 0. The summed E-state index contributed by atoms with van der Waals surface area (Å²) in [6.07, 6.45) is 2.09. The van der Waals surface area contributed by atoms with Gasteiger partial charge in [0.1, 0.15) is 30.0 Å². The molecule has 0 amide bonds. The zero-order chi connectivity index (χ0) is 30.3. The molecular formula is C39H39BNO2+. The van der Waals surface area contributed by atoms with Crippen LogP contribution in [-0.2, 0) is 17.9 Å². The highest BCUT2D eigenvalue weighted by Gasteiger charge is 2.41. The first-order valence-electron chi connectivity index (χ1n) is 15.3.